The van der Waals surface area contributed by atoms with Crippen LogP contribution in [-0.4, -0.2) is 42.1 Å². The van der Waals surface area contributed by atoms with E-state index in [1.807, 2.05) is 0 Å². The molecule has 0 aliphatic rings. The lowest BCUT2D eigenvalue weighted by Crippen LogP contribution is -2.37. The van der Waals surface area contributed by atoms with Gasteiger partial charge in [0.2, 0.25) is 0 Å². The lowest BCUT2D eigenvalue weighted by molar-refractivity contribution is -0.112. The highest BCUT2D eigenvalue weighted by atomic mass is 16.6. The summed E-state index contributed by atoms with van der Waals surface area (Å²) in [7, 11) is 2.90. The molecule has 1 N–H and O–H groups in total. The van der Waals surface area contributed by atoms with Gasteiger partial charge in [0.05, 0.1) is 7.11 Å². The number of phenols is 1. The number of aldehydes is 1. The van der Waals surface area contributed by atoms with Gasteiger partial charge >= 0.3 is 6.09 Å². The Kier molecular flexibility index (Phi) is 5.18. The van der Waals surface area contributed by atoms with Gasteiger partial charge in [0.1, 0.15) is 17.9 Å². The molecule has 1 unspecified atom stereocenters. The van der Waals surface area contributed by atoms with Crippen molar-refractivity contribution in [1.82, 2.24) is 4.90 Å². The first-order chi connectivity index (χ1) is 9.69. The number of hydrogen-bond donors (Lipinski definition) is 1. The molecule has 116 valence electrons. The molecule has 1 atom stereocenters. The molecule has 1 amide bonds. The van der Waals surface area contributed by atoms with Crippen LogP contribution in [0.4, 0.5) is 4.79 Å². The summed E-state index contributed by atoms with van der Waals surface area (Å²) in [5.74, 6) is 0.197. The second-order valence-corrected chi connectivity index (χ2v) is 5.60. The largest absolute Gasteiger partial charge is 0.504 e. The number of nitrogens with zero attached hydrogens (tertiary/aromatic N) is 1. The van der Waals surface area contributed by atoms with Crippen molar-refractivity contribution < 1.29 is 24.2 Å². The van der Waals surface area contributed by atoms with Crippen LogP contribution in [0.1, 0.15) is 32.4 Å². The topological polar surface area (TPSA) is 76.1 Å². The number of likely N-dealkylation sites (N-methyl/N-ethyl adjacent to an activating group) is 1. The Labute approximate surface area is 124 Å². The van der Waals surface area contributed by atoms with Crippen LogP contribution in [0.5, 0.6) is 11.5 Å². The molecule has 6 nitrogen and oxygen atoms in total. The van der Waals surface area contributed by atoms with Crippen LogP contribution in [0.3, 0.4) is 0 Å². The first-order valence-corrected chi connectivity index (χ1v) is 6.47. The van der Waals surface area contributed by atoms with Gasteiger partial charge in [0.15, 0.2) is 11.5 Å². The van der Waals surface area contributed by atoms with Crippen LogP contribution in [0.15, 0.2) is 18.2 Å². The second-order valence-electron chi connectivity index (χ2n) is 5.60. The normalized spacial score (nSPS) is 12.4. The van der Waals surface area contributed by atoms with Crippen molar-refractivity contribution in [3.05, 3.63) is 23.8 Å². The average molecular weight is 295 g/mol. The lowest BCUT2D eigenvalue weighted by atomic mass is 10.1. The predicted octanol–water partition coefficient (Wildman–Crippen LogP) is 2.51. The third-order valence-corrected chi connectivity index (χ3v) is 2.77. The fourth-order valence-electron chi connectivity index (χ4n) is 1.73. The molecule has 0 heterocycles. The molecular formula is C15H21NO5. The van der Waals surface area contributed by atoms with Crippen molar-refractivity contribution in [2.45, 2.75) is 32.4 Å². The summed E-state index contributed by atoms with van der Waals surface area (Å²) in [6.45, 7) is 5.23. The van der Waals surface area contributed by atoms with Gasteiger partial charge in [-0.05, 0) is 38.5 Å². The maximum atomic E-state index is 12.0. The molecule has 1 aromatic carbocycles. The Morgan fingerprint density at radius 3 is 2.43 bits per heavy atom. The molecule has 6 heteroatoms. The van der Waals surface area contributed by atoms with Gasteiger partial charge in [-0.15, -0.1) is 0 Å². The number of benzene rings is 1. The number of hydrogen-bond acceptors (Lipinski definition) is 5. The van der Waals surface area contributed by atoms with Crippen molar-refractivity contribution >= 4 is 12.4 Å². The molecule has 0 bridgehead atoms. The average Bonchev–Trinajstić information content (AvgIpc) is 2.37. The smallest absolute Gasteiger partial charge is 0.410 e. The molecule has 0 fully saturated rings. The van der Waals surface area contributed by atoms with E-state index in [2.05, 4.69) is 0 Å². The van der Waals surface area contributed by atoms with E-state index in [-0.39, 0.29) is 5.75 Å². The molecule has 0 saturated heterocycles. The molecule has 1 rings (SSSR count). The zero-order chi connectivity index (χ0) is 16.2. The number of methoxy groups -OCH3 is 1. The first kappa shape index (κ1) is 16.8. The summed E-state index contributed by atoms with van der Waals surface area (Å²) in [5, 5.41) is 9.77. The summed E-state index contributed by atoms with van der Waals surface area (Å²) >= 11 is 0. The van der Waals surface area contributed by atoms with E-state index in [4.69, 9.17) is 9.47 Å². The monoisotopic (exact) mass is 295 g/mol. The van der Waals surface area contributed by atoms with Crippen molar-refractivity contribution in [2.24, 2.45) is 0 Å². The summed E-state index contributed by atoms with van der Waals surface area (Å²) in [6.07, 6.45) is 0.000414. The van der Waals surface area contributed by atoms with Gasteiger partial charge in [-0.2, -0.15) is 0 Å². The zero-order valence-electron chi connectivity index (χ0n) is 12.9. The van der Waals surface area contributed by atoms with Crippen molar-refractivity contribution in [3.8, 4) is 11.5 Å². The lowest BCUT2D eigenvalue weighted by Gasteiger charge is -2.28. The van der Waals surface area contributed by atoms with E-state index in [9.17, 15) is 14.7 Å². The summed E-state index contributed by atoms with van der Waals surface area (Å²) < 4.78 is 10.2. The number of ether oxygens (including phenoxy) is 2. The van der Waals surface area contributed by atoms with Crippen molar-refractivity contribution in [1.29, 1.82) is 0 Å². The number of carbonyl (C=O) groups excluding carboxylic acids is 2. The molecule has 0 radical (unpaired) electrons. The molecule has 0 aliphatic carbocycles. The maximum absolute atomic E-state index is 12.0. The van der Waals surface area contributed by atoms with Gasteiger partial charge in [0, 0.05) is 7.05 Å². The molecule has 1 aromatic rings. The first-order valence-electron chi connectivity index (χ1n) is 6.47. The van der Waals surface area contributed by atoms with E-state index < -0.39 is 17.7 Å². The van der Waals surface area contributed by atoms with Gasteiger partial charge in [-0.1, -0.05) is 6.07 Å². The number of phenolic OH excluding ortho intramolecular Hbond substituents is 1. The fourth-order valence-corrected chi connectivity index (χ4v) is 1.73. The second kappa shape index (κ2) is 6.47. The highest BCUT2D eigenvalue weighted by Gasteiger charge is 2.26. The van der Waals surface area contributed by atoms with E-state index in [0.29, 0.717) is 17.6 Å². The Bertz CT molecular complexity index is 521. The quantitative estimate of drug-likeness (QED) is 0.864. The Hall–Kier alpha value is -2.24. The van der Waals surface area contributed by atoms with E-state index in [1.54, 1.807) is 26.8 Å². The van der Waals surface area contributed by atoms with Crippen LogP contribution >= 0.6 is 0 Å². The Morgan fingerprint density at radius 1 is 1.38 bits per heavy atom. The minimum absolute atomic E-state index is 0.0977. The molecule has 0 spiro atoms. The van der Waals surface area contributed by atoms with Crippen molar-refractivity contribution in [2.75, 3.05) is 14.2 Å². The molecule has 21 heavy (non-hydrogen) atoms. The number of carbonyl (C=O) groups is 2. The van der Waals surface area contributed by atoms with Crippen LogP contribution in [-0.2, 0) is 9.53 Å². The SMILES string of the molecule is COc1ccc(C(C=O)N(C)C(=O)OC(C)(C)C)cc1O. The number of rotatable bonds is 4. The third-order valence-electron chi connectivity index (χ3n) is 2.77. The van der Waals surface area contributed by atoms with Crippen LogP contribution in [0.25, 0.3) is 0 Å². The summed E-state index contributed by atoms with van der Waals surface area (Å²) in [6, 6.07) is 3.68. The van der Waals surface area contributed by atoms with E-state index in [0.717, 1.165) is 0 Å². The summed E-state index contributed by atoms with van der Waals surface area (Å²) in [5.41, 5.74) is -0.183. The summed E-state index contributed by atoms with van der Waals surface area (Å²) in [4.78, 5) is 24.5. The minimum Gasteiger partial charge on any atom is -0.504 e. The van der Waals surface area contributed by atoms with Crippen LogP contribution in [0.2, 0.25) is 0 Å². The Balaban J connectivity index is 2.99. The van der Waals surface area contributed by atoms with Gasteiger partial charge in [-0.3, -0.25) is 4.90 Å². The predicted molar refractivity (Wildman–Crippen MR) is 77.5 cm³/mol. The van der Waals surface area contributed by atoms with E-state index >= 15 is 0 Å². The molecule has 0 saturated carbocycles. The highest BCUT2D eigenvalue weighted by Crippen LogP contribution is 2.30. The molecule has 0 aromatic heterocycles. The third kappa shape index (κ3) is 4.37. The molecular weight excluding hydrogens is 274 g/mol. The van der Waals surface area contributed by atoms with Gasteiger partial charge < -0.3 is 19.4 Å². The van der Waals surface area contributed by atoms with Gasteiger partial charge in [0.25, 0.3) is 0 Å². The van der Waals surface area contributed by atoms with Crippen molar-refractivity contribution in [3.63, 3.8) is 0 Å². The van der Waals surface area contributed by atoms with E-state index in [1.165, 1.54) is 31.2 Å². The maximum Gasteiger partial charge on any atom is 0.410 e. The van der Waals surface area contributed by atoms with Crippen LogP contribution in [0, 0.1) is 0 Å². The molecule has 0 aliphatic heterocycles. The van der Waals surface area contributed by atoms with Crippen LogP contribution < -0.4 is 4.74 Å². The van der Waals surface area contributed by atoms with Gasteiger partial charge in [-0.25, -0.2) is 4.79 Å². The minimum atomic E-state index is -0.850. The Morgan fingerprint density at radius 2 is 2.00 bits per heavy atom. The number of aromatic hydroxyl groups is 1. The fraction of sp³-hybridized carbons (Fsp3) is 0.467. The number of amides is 1. The standard InChI is InChI=1S/C15H21NO5/c1-15(2,3)21-14(19)16(4)11(9-17)10-6-7-13(20-5)12(18)8-10/h6-9,11,18H,1-5H3. The highest BCUT2D eigenvalue weighted by molar-refractivity contribution is 5.75. The zero-order valence-corrected chi connectivity index (χ0v) is 12.9.